The number of allylic oxidation sites excluding steroid dienone is 2. The molecule has 0 radical (unpaired) electrons. The minimum absolute atomic E-state index is 0.471. The number of nitriles is 1. The molecule has 4 nitrogen and oxygen atoms in total. The van der Waals surface area contributed by atoms with Crippen LogP contribution in [0.15, 0.2) is 41.7 Å². The molecule has 1 heterocycles. The first-order valence-electron chi connectivity index (χ1n) is 6.08. The van der Waals surface area contributed by atoms with E-state index in [1.165, 1.54) is 6.20 Å². The van der Waals surface area contributed by atoms with Crippen LogP contribution < -0.4 is 5.73 Å². The number of nitrogens with two attached hydrogens (primary N) is 1. The van der Waals surface area contributed by atoms with Crippen molar-refractivity contribution in [2.75, 3.05) is 0 Å². The van der Waals surface area contributed by atoms with Crippen molar-refractivity contribution in [3.63, 3.8) is 0 Å². The van der Waals surface area contributed by atoms with Crippen molar-refractivity contribution >= 4 is 12.0 Å². The summed E-state index contributed by atoms with van der Waals surface area (Å²) in [6.07, 6.45) is 7.02. The first-order valence-corrected chi connectivity index (χ1v) is 6.08. The lowest BCUT2D eigenvalue weighted by Gasteiger charge is -2.07. The van der Waals surface area contributed by atoms with E-state index >= 15 is 0 Å². The van der Waals surface area contributed by atoms with E-state index in [1.54, 1.807) is 18.5 Å². The second-order valence-electron chi connectivity index (χ2n) is 4.54. The minimum Gasteiger partial charge on any atom is -0.404 e. The number of hydrogen-bond acceptors (Lipinski definition) is 4. The molecule has 0 bridgehead atoms. The highest BCUT2D eigenvalue weighted by Crippen LogP contribution is 2.18. The van der Waals surface area contributed by atoms with Crippen molar-refractivity contribution in [1.82, 2.24) is 4.98 Å². The van der Waals surface area contributed by atoms with Gasteiger partial charge in [-0.3, -0.25) is 0 Å². The number of nitrogens with zero attached hydrogens (tertiary/aromatic N) is 3. The highest BCUT2D eigenvalue weighted by molar-refractivity contribution is 5.83. The van der Waals surface area contributed by atoms with Gasteiger partial charge in [-0.15, -0.1) is 0 Å². The maximum absolute atomic E-state index is 9.05. The zero-order valence-corrected chi connectivity index (χ0v) is 11.3. The first kappa shape index (κ1) is 14.7. The largest absolute Gasteiger partial charge is 0.404 e. The van der Waals surface area contributed by atoms with Crippen LogP contribution in [0.4, 0.5) is 5.82 Å². The predicted molar refractivity (Wildman–Crippen MR) is 78.1 cm³/mol. The van der Waals surface area contributed by atoms with Gasteiger partial charge in [-0.2, -0.15) is 5.26 Å². The zero-order chi connectivity index (χ0) is 14.3. The summed E-state index contributed by atoms with van der Waals surface area (Å²) in [5, 5.41) is 9.05. The molecule has 0 saturated carbocycles. The van der Waals surface area contributed by atoms with E-state index in [2.05, 4.69) is 36.5 Å². The zero-order valence-electron chi connectivity index (χ0n) is 11.3. The van der Waals surface area contributed by atoms with E-state index < -0.39 is 0 Å². The van der Waals surface area contributed by atoms with Crippen molar-refractivity contribution in [1.29, 1.82) is 5.26 Å². The first-order chi connectivity index (χ1) is 9.10. The van der Waals surface area contributed by atoms with Gasteiger partial charge >= 0.3 is 0 Å². The van der Waals surface area contributed by atoms with Crippen molar-refractivity contribution < 1.29 is 0 Å². The van der Waals surface area contributed by atoms with Gasteiger partial charge in [0.15, 0.2) is 5.82 Å². The number of rotatable bonds is 5. The number of hydrogen-bond donors (Lipinski definition) is 1. The Balaban J connectivity index is 3.05. The molecule has 0 fully saturated rings. The third kappa shape index (κ3) is 4.40. The van der Waals surface area contributed by atoms with Gasteiger partial charge in [0.05, 0.1) is 5.56 Å². The summed E-state index contributed by atoms with van der Waals surface area (Å²) in [5.41, 5.74) is 7.69. The van der Waals surface area contributed by atoms with Crippen LogP contribution in [0.1, 0.15) is 25.0 Å². The Labute approximate surface area is 114 Å². The molecule has 0 unspecified atom stereocenters. The highest BCUT2D eigenvalue weighted by Gasteiger charge is 2.06. The number of aliphatic imine (C=N–C) groups is 1. The smallest absolute Gasteiger partial charge is 0.152 e. The third-order valence-electron chi connectivity index (χ3n) is 2.50. The molecule has 0 aliphatic carbocycles. The predicted octanol–water partition coefficient (Wildman–Crippen LogP) is 2.88. The quantitative estimate of drug-likeness (QED) is 0.648. The van der Waals surface area contributed by atoms with E-state index in [0.717, 1.165) is 17.6 Å². The second-order valence-corrected chi connectivity index (χ2v) is 4.54. The molecule has 98 valence electrons. The second kappa shape index (κ2) is 7.12. The van der Waals surface area contributed by atoms with Crippen molar-refractivity contribution in [2.24, 2.45) is 16.6 Å². The molecular formula is C15H18N4. The molecule has 0 aliphatic rings. The standard InChI is InChI=1S/C15H18N4/c1-4-12(7-16)9-18-15-6-13(5-11(2)3)14(8-17)10-19-15/h4,6-7,9-11H,1,5,16H2,2-3H3. The highest BCUT2D eigenvalue weighted by atomic mass is 14.9. The summed E-state index contributed by atoms with van der Waals surface area (Å²) in [6, 6.07) is 3.99. The number of pyridine rings is 1. The average Bonchev–Trinajstić information content (AvgIpc) is 2.39. The Kier molecular flexibility index (Phi) is 5.49. The van der Waals surface area contributed by atoms with Crippen LogP contribution in [0.2, 0.25) is 0 Å². The van der Waals surface area contributed by atoms with Gasteiger partial charge < -0.3 is 5.73 Å². The van der Waals surface area contributed by atoms with Gasteiger partial charge in [0, 0.05) is 24.2 Å². The maximum Gasteiger partial charge on any atom is 0.152 e. The van der Waals surface area contributed by atoms with Crippen molar-refractivity contribution in [3.05, 3.63) is 47.8 Å². The van der Waals surface area contributed by atoms with Crippen LogP contribution in [0.3, 0.4) is 0 Å². The van der Waals surface area contributed by atoms with E-state index in [9.17, 15) is 0 Å². The molecule has 0 aliphatic heterocycles. The molecule has 2 N–H and O–H groups in total. The molecule has 1 aromatic rings. The molecule has 19 heavy (non-hydrogen) atoms. The van der Waals surface area contributed by atoms with Crippen LogP contribution in [-0.4, -0.2) is 11.2 Å². The lowest BCUT2D eigenvalue weighted by atomic mass is 10.0. The molecule has 0 amide bonds. The van der Waals surface area contributed by atoms with Crippen LogP contribution in [0, 0.1) is 17.2 Å². The molecule has 0 aromatic carbocycles. The van der Waals surface area contributed by atoms with Gasteiger partial charge in [0.2, 0.25) is 0 Å². The Hall–Kier alpha value is -2.41. The van der Waals surface area contributed by atoms with Crippen molar-refractivity contribution in [2.45, 2.75) is 20.3 Å². The SMILES string of the molecule is C=CC(C=Nc1cc(CC(C)C)c(C#N)cn1)=CN. The third-order valence-corrected chi connectivity index (χ3v) is 2.50. The summed E-state index contributed by atoms with van der Waals surface area (Å²) in [7, 11) is 0. The van der Waals surface area contributed by atoms with Gasteiger partial charge in [-0.1, -0.05) is 26.5 Å². The Bertz CT molecular complexity index is 548. The van der Waals surface area contributed by atoms with Crippen LogP contribution in [0.25, 0.3) is 0 Å². The summed E-state index contributed by atoms with van der Waals surface area (Å²) in [5.74, 6) is 1.04. The summed E-state index contributed by atoms with van der Waals surface area (Å²) in [4.78, 5) is 8.36. The lowest BCUT2D eigenvalue weighted by Crippen LogP contribution is -1.98. The monoisotopic (exact) mass is 254 g/mol. The number of aromatic nitrogens is 1. The van der Waals surface area contributed by atoms with E-state index in [0.29, 0.717) is 17.3 Å². The summed E-state index contributed by atoms with van der Waals surface area (Å²) >= 11 is 0. The van der Waals surface area contributed by atoms with E-state index in [-0.39, 0.29) is 0 Å². The van der Waals surface area contributed by atoms with E-state index in [4.69, 9.17) is 11.0 Å². The fraction of sp³-hybridized carbons (Fsp3) is 0.267. The van der Waals surface area contributed by atoms with E-state index in [1.807, 2.05) is 6.07 Å². The molecule has 1 aromatic heterocycles. The molecule has 1 rings (SSSR count). The Morgan fingerprint density at radius 1 is 1.63 bits per heavy atom. The average molecular weight is 254 g/mol. The summed E-state index contributed by atoms with van der Waals surface area (Å²) in [6.45, 7) is 7.84. The maximum atomic E-state index is 9.05. The Morgan fingerprint density at radius 3 is 2.89 bits per heavy atom. The normalized spacial score (nSPS) is 11.8. The topological polar surface area (TPSA) is 75.1 Å². The Morgan fingerprint density at radius 2 is 2.37 bits per heavy atom. The van der Waals surface area contributed by atoms with Gasteiger partial charge in [0.25, 0.3) is 0 Å². The molecule has 0 saturated heterocycles. The van der Waals surface area contributed by atoms with Gasteiger partial charge in [0.1, 0.15) is 6.07 Å². The fourth-order valence-electron chi connectivity index (χ4n) is 1.57. The van der Waals surface area contributed by atoms with Crippen LogP contribution >= 0.6 is 0 Å². The van der Waals surface area contributed by atoms with Gasteiger partial charge in [-0.05, 0) is 24.0 Å². The lowest BCUT2D eigenvalue weighted by molar-refractivity contribution is 0.646. The van der Waals surface area contributed by atoms with Gasteiger partial charge in [-0.25, -0.2) is 9.98 Å². The van der Waals surface area contributed by atoms with Crippen LogP contribution in [-0.2, 0) is 6.42 Å². The van der Waals surface area contributed by atoms with Crippen molar-refractivity contribution in [3.8, 4) is 6.07 Å². The molecule has 0 spiro atoms. The van der Waals surface area contributed by atoms with Crippen LogP contribution in [0.5, 0.6) is 0 Å². The molecule has 0 atom stereocenters. The summed E-state index contributed by atoms with van der Waals surface area (Å²) < 4.78 is 0. The minimum atomic E-state index is 0.471. The fourth-order valence-corrected chi connectivity index (χ4v) is 1.57. The molecular weight excluding hydrogens is 236 g/mol. The molecule has 4 heteroatoms.